The molecule has 136 valence electrons. The smallest absolute Gasteiger partial charge is 0.125 e. The molecule has 1 aromatic carbocycles. The molecule has 3 aromatic rings. The van der Waals surface area contributed by atoms with Crippen LogP contribution in [-0.2, 0) is 4.74 Å². The topological polar surface area (TPSA) is 74.1 Å². The van der Waals surface area contributed by atoms with Gasteiger partial charge < -0.3 is 15.0 Å². The van der Waals surface area contributed by atoms with E-state index in [0.717, 1.165) is 35.5 Å². The van der Waals surface area contributed by atoms with Crippen molar-refractivity contribution in [2.24, 2.45) is 0 Å². The summed E-state index contributed by atoms with van der Waals surface area (Å²) in [6, 6.07) is 15.9. The van der Waals surface area contributed by atoms with Crippen LogP contribution in [-0.4, -0.2) is 41.8 Å². The van der Waals surface area contributed by atoms with Gasteiger partial charge in [0.2, 0.25) is 0 Å². The van der Waals surface area contributed by atoms with Gasteiger partial charge in [-0.05, 0) is 43.3 Å². The Bertz CT molecular complexity index is 969. The van der Waals surface area contributed by atoms with E-state index >= 15 is 0 Å². The van der Waals surface area contributed by atoms with E-state index in [4.69, 9.17) is 4.74 Å². The first kappa shape index (κ1) is 17.3. The van der Waals surface area contributed by atoms with Crippen molar-refractivity contribution in [1.82, 2.24) is 9.97 Å². The summed E-state index contributed by atoms with van der Waals surface area (Å²) in [6.45, 7) is 4.34. The van der Waals surface area contributed by atoms with Crippen molar-refractivity contribution in [3.63, 3.8) is 0 Å². The lowest BCUT2D eigenvalue weighted by Gasteiger charge is -2.38. The van der Waals surface area contributed by atoms with Crippen molar-refractivity contribution in [1.29, 1.82) is 5.26 Å². The number of fused-ring (bicyclic) bond motifs is 1. The monoisotopic (exact) mass is 359 g/mol. The van der Waals surface area contributed by atoms with Gasteiger partial charge in [0, 0.05) is 43.1 Å². The van der Waals surface area contributed by atoms with Crippen LogP contribution in [0.25, 0.3) is 10.9 Å². The van der Waals surface area contributed by atoms with Crippen molar-refractivity contribution in [2.75, 3.05) is 29.9 Å². The summed E-state index contributed by atoms with van der Waals surface area (Å²) in [5.41, 5.74) is 2.44. The van der Waals surface area contributed by atoms with E-state index in [0.29, 0.717) is 12.1 Å². The third-order valence-corrected chi connectivity index (χ3v) is 4.71. The van der Waals surface area contributed by atoms with Gasteiger partial charge in [-0.1, -0.05) is 6.07 Å². The summed E-state index contributed by atoms with van der Waals surface area (Å²) >= 11 is 0. The third kappa shape index (κ3) is 3.69. The minimum Gasteiger partial charge on any atom is -0.370 e. The summed E-state index contributed by atoms with van der Waals surface area (Å²) in [5, 5.41) is 13.7. The first-order valence-electron chi connectivity index (χ1n) is 9.08. The number of morpholine rings is 1. The Morgan fingerprint density at radius 1 is 1.15 bits per heavy atom. The van der Waals surface area contributed by atoms with Crippen LogP contribution in [0.15, 0.2) is 54.9 Å². The van der Waals surface area contributed by atoms with Gasteiger partial charge in [-0.3, -0.25) is 4.98 Å². The second kappa shape index (κ2) is 7.60. The van der Waals surface area contributed by atoms with Crippen LogP contribution in [0.4, 0.5) is 11.5 Å². The number of nitrogens with one attached hydrogen (secondary N) is 1. The standard InChI is InChI=1S/C21H21N5O/c1-15-13-26(14-17(27-15)12-25-20-6-2-3-9-23-20)19-8-7-16(11-22)21-18(19)5-4-10-24-21/h2-10,15,17H,12-14H2,1H3,(H,23,25)/t15-,17-/m1/s1. The van der Waals surface area contributed by atoms with Crippen LogP contribution in [0.1, 0.15) is 12.5 Å². The number of hydrogen-bond donors (Lipinski definition) is 1. The van der Waals surface area contributed by atoms with Gasteiger partial charge in [0.15, 0.2) is 0 Å². The summed E-state index contributed by atoms with van der Waals surface area (Å²) in [7, 11) is 0. The fourth-order valence-corrected chi connectivity index (χ4v) is 3.56. The number of aromatic nitrogens is 2. The van der Waals surface area contributed by atoms with Gasteiger partial charge in [0.1, 0.15) is 11.9 Å². The molecule has 2 atom stereocenters. The van der Waals surface area contributed by atoms with E-state index in [-0.39, 0.29) is 12.2 Å². The second-order valence-electron chi connectivity index (χ2n) is 6.71. The Morgan fingerprint density at radius 2 is 2.04 bits per heavy atom. The molecule has 6 nitrogen and oxygen atoms in total. The highest BCUT2D eigenvalue weighted by Gasteiger charge is 2.26. The zero-order chi connectivity index (χ0) is 18.6. The number of nitrogens with zero attached hydrogens (tertiary/aromatic N) is 4. The zero-order valence-electron chi connectivity index (χ0n) is 15.2. The van der Waals surface area contributed by atoms with Crippen molar-refractivity contribution in [3.05, 3.63) is 60.4 Å². The van der Waals surface area contributed by atoms with Crippen LogP contribution in [0.5, 0.6) is 0 Å². The predicted molar refractivity (Wildman–Crippen MR) is 106 cm³/mol. The Kier molecular flexibility index (Phi) is 4.86. The molecule has 6 heteroatoms. The number of benzene rings is 1. The van der Waals surface area contributed by atoms with E-state index < -0.39 is 0 Å². The molecule has 0 aliphatic carbocycles. The summed E-state index contributed by atoms with van der Waals surface area (Å²) in [6.07, 6.45) is 3.65. The Hall–Kier alpha value is -3.17. The molecule has 1 N–H and O–H groups in total. The molecule has 27 heavy (non-hydrogen) atoms. The van der Waals surface area contributed by atoms with E-state index in [1.54, 1.807) is 12.4 Å². The maximum atomic E-state index is 9.36. The normalized spacial score (nSPS) is 19.6. The average molecular weight is 359 g/mol. The molecule has 1 aliphatic rings. The molecule has 0 bridgehead atoms. The van der Waals surface area contributed by atoms with Crippen LogP contribution < -0.4 is 10.2 Å². The van der Waals surface area contributed by atoms with Gasteiger partial charge in [-0.2, -0.15) is 5.26 Å². The van der Waals surface area contributed by atoms with Gasteiger partial charge in [-0.25, -0.2) is 4.98 Å². The molecule has 0 radical (unpaired) electrons. The third-order valence-electron chi connectivity index (χ3n) is 4.71. The minimum absolute atomic E-state index is 0.0399. The van der Waals surface area contributed by atoms with Crippen molar-refractivity contribution in [3.8, 4) is 6.07 Å². The molecule has 0 amide bonds. The zero-order valence-corrected chi connectivity index (χ0v) is 15.2. The van der Waals surface area contributed by atoms with Crippen LogP contribution in [0.3, 0.4) is 0 Å². The lowest BCUT2D eigenvalue weighted by molar-refractivity contribution is -0.00823. The molecule has 4 rings (SSSR count). The van der Waals surface area contributed by atoms with Gasteiger partial charge in [-0.15, -0.1) is 0 Å². The molecule has 1 fully saturated rings. The Balaban J connectivity index is 1.57. The fraction of sp³-hybridized carbons (Fsp3) is 0.286. The maximum absolute atomic E-state index is 9.36. The molecular weight excluding hydrogens is 338 g/mol. The van der Waals surface area contributed by atoms with Crippen molar-refractivity contribution in [2.45, 2.75) is 19.1 Å². The Morgan fingerprint density at radius 3 is 2.85 bits per heavy atom. The largest absolute Gasteiger partial charge is 0.370 e. The second-order valence-corrected chi connectivity index (χ2v) is 6.71. The summed E-state index contributed by atoms with van der Waals surface area (Å²) in [4.78, 5) is 11.0. The SMILES string of the molecule is C[C@@H]1CN(c2ccc(C#N)c3ncccc23)C[C@@H](CNc2ccccn2)O1. The highest BCUT2D eigenvalue weighted by Crippen LogP contribution is 2.30. The molecule has 1 saturated heterocycles. The lowest BCUT2D eigenvalue weighted by atomic mass is 10.1. The van der Waals surface area contributed by atoms with Crippen LogP contribution in [0.2, 0.25) is 0 Å². The molecule has 0 unspecified atom stereocenters. The highest BCUT2D eigenvalue weighted by molar-refractivity contribution is 5.95. The molecule has 0 spiro atoms. The molecule has 1 aliphatic heterocycles. The minimum atomic E-state index is 0.0399. The predicted octanol–water partition coefficient (Wildman–Crippen LogP) is 3.21. The molecule has 0 saturated carbocycles. The summed E-state index contributed by atoms with van der Waals surface area (Å²) < 4.78 is 6.12. The lowest BCUT2D eigenvalue weighted by Crippen LogP contribution is -2.49. The number of hydrogen-bond acceptors (Lipinski definition) is 6. The molecule has 2 aromatic heterocycles. The summed E-state index contributed by atoms with van der Waals surface area (Å²) in [5.74, 6) is 0.846. The first-order valence-corrected chi connectivity index (χ1v) is 9.08. The fourth-order valence-electron chi connectivity index (χ4n) is 3.56. The van der Waals surface area contributed by atoms with Crippen molar-refractivity contribution < 1.29 is 4.74 Å². The maximum Gasteiger partial charge on any atom is 0.125 e. The van der Waals surface area contributed by atoms with Crippen LogP contribution in [0, 0.1) is 11.3 Å². The van der Waals surface area contributed by atoms with Crippen LogP contribution >= 0.6 is 0 Å². The quantitative estimate of drug-likeness (QED) is 0.771. The average Bonchev–Trinajstić information content (AvgIpc) is 2.72. The van der Waals surface area contributed by atoms with E-state index in [2.05, 4.69) is 33.2 Å². The first-order chi connectivity index (χ1) is 13.2. The number of anilines is 2. The number of pyridine rings is 2. The van der Waals surface area contributed by atoms with E-state index in [9.17, 15) is 5.26 Å². The van der Waals surface area contributed by atoms with Gasteiger partial charge >= 0.3 is 0 Å². The number of ether oxygens (including phenoxy) is 1. The van der Waals surface area contributed by atoms with Crippen molar-refractivity contribution >= 4 is 22.4 Å². The van der Waals surface area contributed by atoms with E-state index in [1.165, 1.54) is 0 Å². The number of nitriles is 1. The number of rotatable bonds is 4. The van der Waals surface area contributed by atoms with Gasteiger partial charge in [0.05, 0.1) is 23.3 Å². The van der Waals surface area contributed by atoms with E-state index in [1.807, 2.05) is 42.5 Å². The Labute approximate surface area is 158 Å². The molecule has 3 heterocycles. The molecular formula is C21H21N5O. The highest BCUT2D eigenvalue weighted by atomic mass is 16.5. The van der Waals surface area contributed by atoms with Gasteiger partial charge in [0.25, 0.3) is 0 Å².